The number of H-pyrrole nitrogens is 1. The maximum atomic E-state index is 14.8. The first kappa shape index (κ1) is 20.2. The second-order valence-electron chi connectivity index (χ2n) is 8.14. The zero-order valence-corrected chi connectivity index (χ0v) is 17.2. The van der Waals surface area contributed by atoms with Gasteiger partial charge in [-0.2, -0.15) is 5.26 Å². The smallest absolute Gasteiger partial charge is 0.127 e. The molecule has 0 unspecified atom stereocenters. The molecule has 1 aromatic carbocycles. The SMILES string of the molecule is C=C(/C(C#N)=C/N(C)C)c1cc2cc(F)c(C3CCN(C(C)C)CC3)cc2[nH]1. The molecule has 0 spiro atoms. The first-order valence-corrected chi connectivity index (χ1v) is 9.84. The minimum atomic E-state index is -0.143. The number of allylic oxidation sites excluding steroid dienone is 2. The van der Waals surface area contributed by atoms with E-state index in [1.165, 1.54) is 0 Å². The summed E-state index contributed by atoms with van der Waals surface area (Å²) in [6.45, 7) is 10.5. The van der Waals surface area contributed by atoms with Crippen LogP contribution in [0.1, 0.15) is 43.9 Å². The fourth-order valence-electron chi connectivity index (χ4n) is 3.95. The summed E-state index contributed by atoms with van der Waals surface area (Å²) in [5, 5.41) is 10.2. The molecule has 1 N–H and O–H groups in total. The van der Waals surface area contributed by atoms with E-state index >= 15 is 0 Å². The number of benzene rings is 1. The molecule has 0 amide bonds. The number of fused-ring (bicyclic) bond motifs is 1. The number of hydrogen-bond acceptors (Lipinski definition) is 3. The van der Waals surface area contributed by atoms with Gasteiger partial charge in [-0.05, 0) is 69.5 Å². The van der Waals surface area contributed by atoms with Crippen molar-refractivity contribution in [2.24, 2.45) is 0 Å². The summed E-state index contributed by atoms with van der Waals surface area (Å²) in [6, 6.07) is 8.14. The van der Waals surface area contributed by atoms with Gasteiger partial charge in [0.15, 0.2) is 0 Å². The van der Waals surface area contributed by atoms with Crippen molar-refractivity contribution in [1.82, 2.24) is 14.8 Å². The Bertz CT molecular complexity index is 937. The second kappa shape index (κ2) is 8.20. The highest BCUT2D eigenvalue weighted by Gasteiger charge is 2.24. The molecule has 1 aliphatic heterocycles. The molecule has 5 heteroatoms. The number of hydrogen-bond donors (Lipinski definition) is 1. The van der Waals surface area contributed by atoms with Crippen LogP contribution in [0.3, 0.4) is 0 Å². The fraction of sp³-hybridized carbons (Fsp3) is 0.435. The van der Waals surface area contributed by atoms with Crippen molar-refractivity contribution < 1.29 is 4.39 Å². The Morgan fingerprint density at radius 1 is 1.32 bits per heavy atom. The van der Waals surface area contributed by atoms with E-state index in [0.29, 0.717) is 17.2 Å². The first-order chi connectivity index (χ1) is 13.3. The van der Waals surface area contributed by atoms with Gasteiger partial charge in [0.1, 0.15) is 11.9 Å². The Morgan fingerprint density at radius 3 is 2.57 bits per heavy atom. The lowest BCUT2D eigenvalue weighted by Crippen LogP contribution is -2.38. The van der Waals surface area contributed by atoms with Crippen LogP contribution >= 0.6 is 0 Å². The van der Waals surface area contributed by atoms with E-state index in [4.69, 9.17) is 0 Å². The lowest BCUT2D eigenvalue weighted by atomic mass is 9.88. The molecule has 1 aliphatic rings. The zero-order valence-electron chi connectivity index (χ0n) is 17.2. The van der Waals surface area contributed by atoms with Gasteiger partial charge in [0.2, 0.25) is 0 Å². The molecule has 28 heavy (non-hydrogen) atoms. The normalized spacial score (nSPS) is 16.5. The molecule has 2 aromatic rings. The zero-order chi connectivity index (χ0) is 20.4. The summed E-state index contributed by atoms with van der Waals surface area (Å²) in [7, 11) is 3.73. The lowest BCUT2D eigenvalue weighted by molar-refractivity contribution is 0.171. The van der Waals surface area contributed by atoms with Gasteiger partial charge in [-0.1, -0.05) is 6.58 Å². The molecule has 1 saturated heterocycles. The minimum Gasteiger partial charge on any atom is -0.382 e. The van der Waals surface area contributed by atoms with E-state index < -0.39 is 0 Å². The van der Waals surface area contributed by atoms with Gasteiger partial charge in [-0.25, -0.2) is 4.39 Å². The molecule has 3 rings (SSSR count). The van der Waals surface area contributed by atoms with E-state index in [1.54, 1.807) is 12.3 Å². The van der Waals surface area contributed by atoms with Crippen LogP contribution in [0.25, 0.3) is 16.5 Å². The van der Waals surface area contributed by atoms with Gasteiger partial charge in [0.05, 0.1) is 5.57 Å². The maximum Gasteiger partial charge on any atom is 0.127 e. The number of piperidine rings is 1. The van der Waals surface area contributed by atoms with Crippen molar-refractivity contribution >= 4 is 16.5 Å². The van der Waals surface area contributed by atoms with Crippen molar-refractivity contribution in [3.05, 3.63) is 53.6 Å². The highest BCUT2D eigenvalue weighted by molar-refractivity contribution is 5.89. The summed E-state index contributed by atoms with van der Waals surface area (Å²) >= 11 is 0. The van der Waals surface area contributed by atoms with Crippen molar-refractivity contribution in [1.29, 1.82) is 5.26 Å². The number of nitriles is 1. The molecule has 0 bridgehead atoms. The molecule has 0 aliphatic carbocycles. The third kappa shape index (κ3) is 4.13. The van der Waals surface area contributed by atoms with Gasteiger partial charge >= 0.3 is 0 Å². The van der Waals surface area contributed by atoms with Gasteiger partial charge in [-0.3, -0.25) is 0 Å². The Labute approximate surface area is 166 Å². The number of nitrogens with one attached hydrogen (secondary N) is 1. The number of likely N-dealkylation sites (tertiary alicyclic amines) is 1. The van der Waals surface area contributed by atoms with E-state index in [9.17, 15) is 9.65 Å². The van der Waals surface area contributed by atoms with Crippen LogP contribution < -0.4 is 0 Å². The lowest BCUT2D eigenvalue weighted by Gasteiger charge is -2.34. The van der Waals surface area contributed by atoms with Crippen LogP contribution in [0.2, 0.25) is 0 Å². The van der Waals surface area contributed by atoms with Crippen LogP contribution in [-0.4, -0.2) is 48.0 Å². The topological polar surface area (TPSA) is 46.1 Å². The number of halogens is 1. The van der Waals surface area contributed by atoms with Crippen LogP contribution in [0, 0.1) is 17.1 Å². The number of rotatable bonds is 5. The van der Waals surface area contributed by atoms with Gasteiger partial charge in [0.25, 0.3) is 0 Å². The fourth-order valence-corrected chi connectivity index (χ4v) is 3.95. The highest BCUT2D eigenvalue weighted by Crippen LogP contribution is 2.34. The average molecular weight is 381 g/mol. The third-order valence-corrected chi connectivity index (χ3v) is 5.60. The van der Waals surface area contributed by atoms with Gasteiger partial charge < -0.3 is 14.8 Å². The Kier molecular flexibility index (Phi) is 5.90. The summed E-state index contributed by atoms with van der Waals surface area (Å²) in [5.74, 6) is 0.105. The van der Waals surface area contributed by atoms with Gasteiger partial charge in [-0.15, -0.1) is 0 Å². The first-order valence-electron chi connectivity index (χ1n) is 9.84. The molecule has 2 heterocycles. The van der Waals surface area contributed by atoms with E-state index in [0.717, 1.165) is 48.1 Å². The third-order valence-electron chi connectivity index (χ3n) is 5.60. The minimum absolute atomic E-state index is 0.143. The molecular weight excluding hydrogens is 351 g/mol. The molecule has 0 saturated carbocycles. The van der Waals surface area contributed by atoms with E-state index in [2.05, 4.69) is 36.4 Å². The molecule has 1 aromatic heterocycles. The van der Waals surface area contributed by atoms with Crippen molar-refractivity contribution in [2.45, 2.75) is 38.6 Å². The van der Waals surface area contributed by atoms with Crippen LogP contribution in [0.5, 0.6) is 0 Å². The predicted molar refractivity (Wildman–Crippen MR) is 113 cm³/mol. The summed E-state index contributed by atoms with van der Waals surface area (Å²) in [4.78, 5) is 7.59. The largest absolute Gasteiger partial charge is 0.382 e. The van der Waals surface area contributed by atoms with Crippen LogP contribution in [-0.2, 0) is 0 Å². The van der Waals surface area contributed by atoms with E-state index in [1.807, 2.05) is 31.1 Å². The predicted octanol–water partition coefficient (Wildman–Crippen LogP) is 4.88. The molecule has 4 nitrogen and oxygen atoms in total. The maximum absolute atomic E-state index is 14.8. The summed E-state index contributed by atoms with van der Waals surface area (Å²) in [5.41, 5.74) is 3.52. The van der Waals surface area contributed by atoms with Crippen molar-refractivity contribution in [3.8, 4) is 6.07 Å². The van der Waals surface area contributed by atoms with Crippen molar-refractivity contribution in [3.63, 3.8) is 0 Å². The second-order valence-corrected chi connectivity index (χ2v) is 8.14. The Balaban J connectivity index is 1.88. The Hall–Kier alpha value is -2.58. The number of aromatic nitrogens is 1. The van der Waals surface area contributed by atoms with Crippen molar-refractivity contribution in [2.75, 3.05) is 27.2 Å². The summed E-state index contributed by atoms with van der Waals surface area (Å²) in [6.07, 6.45) is 3.69. The number of nitrogens with zero attached hydrogens (tertiary/aromatic N) is 3. The molecule has 0 radical (unpaired) electrons. The van der Waals surface area contributed by atoms with E-state index in [-0.39, 0.29) is 11.7 Å². The Morgan fingerprint density at radius 2 is 2.00 bits per heavy atom. The van der Waals surface area contributed by atoms with Crippen LogP contribution in [0.15, 0.2) is 36.6 Å². The average Bonchev–Trinajstić information content (AvgIpc) is 3.07. The van der Waals surface area contributed by atoms with Gasteiger partial charge in [0, 0.05) is 48.5 Å². The highest BCUT2D eigenvalue weighted by atomic mass is 19.1. The summed E-state index contributed by atoms with van der Waals surface area (Å²) < 4.78 is 14.8. The quantitative estimate of drug-likeness (QED) is 0.594. The molecule has 1 fully saturated rings. The monoisotopic (exact) mass is 380 g/mol. The standard InChI is InChI=1S/C23H29FN4/c1-15(2)28-8-6-17(7-9-28)20-12-23-18(10-21(20)24)11-22(26-23)16(3)19(13-25)14-27(4)5/h10-12,14-15,17,26H,3,6-9H2,1-2,4-5H3/b19-14+. The number of aromatic amines is 1. The van der Waals surface area contributed by atoms with Crippen LogP contribution in [0.4, 0.5) is 4.39 Å². The molecular formula is C23H29FN4. The molecule has 148 valence electrons. The molecule has 0 atom stereocenters.